The SMILES string of the molecule is COc1c(CNCCCOCC(C)C)c(C)nn1C. The maximum Gasteiger partial charge on any atom is 0.216 e. The van der Waals surface area contributed by atoms with Crippen LogP contribution in [0, 0.1) is 12.8 Å². The molecule has 1 aromatic heterocycles. The topological polar surface area (TPSA) is 48.3 Å². The fourth-order valence-corrected chi connectivity index (χ4v) is 1.97. The van der Waals surface area contributed by atoms with Crippen LogP contribution in [0.3, 0.4) is 0 Å². The van der Waals surface area contributed by atoms with Crippen LogP contribution in [-0.4, -0.2) is 36.6 Å². The second kappa shape index (κ2) is 8.17. The highest BCUT2D eigenvalue weighted by molar-refractivity contribution is 5.30. The standard InChI is InChI=1S/C14H27N3O2/c1-11(2)10-19-8-6-7-15-9-13-12(3)16-17(4)14(13)18-5/h11,15H,6-10H2,1-5H3. The number of ether oxygens (including phenoxy) is 2. The maximum absolute atomic E-state index is 5.54. The molecule has 0 radical (unpaired) electrons. The predicted octanol–water partition coefficient (Wildman–Crippen LogP) is 1.89. The van der Waals surface area contributed by atoms with Crippen molar-refractivity contribution in [2.75, 3.05) is 26.9 Å². The van der Waals surface area contributed by atoms with Crippen LogP contribution in [0.25, 0.3) is 0 Å². The first-order chi connectivity index (χ1) is 9.06. The number of methoxy groups -OCH3 is 1. The van der Waals surface area contributed by atoms with Gasteiger partial charge in [0.2, 0.25) is 5.88 Å². The summed E-state index contributed by atoms with van der Waals surface area (Å²) in [4.78, 5) is 0. The van der Waals surface area contributed by atoms with Gasteiger partial charge in [0.25, 0.3) is 0 Å². The van der Waals surface area contributed by atoms with Gasteiger partial charge in [-0.15, -0.1) is 0 Å². The molecule has 0 bridgehead atoms. The number of aryl methyl sites for hydroxylation is 2. The van der Waals surface area contributed by atoms with E-state index in [1.165, 1.54) is 0 Å². The van der Waals surface area contributed by atoms with Gasteiger partial charge in [0, 0.05) is 26.8 Å². The van der Waals surface area contributed by atoms with Crippen molar-refractivity contribution in [1.82, 2.24) is 15.1 Å². The summed E-state index contributed by atoms with van der Waals surface area (Å²) in [6, 6.07) is 0. The lowest BCUT2D eigenvalue weighted by atomic mass is 10.2. The molecule has 1 aromatic rings. The summed E-state index contributed by atoms with van der Waals surface area (Å²) in [5.41, 5.74) is 2.15. The van der Waals surface area contributed by atoms with E-state index in [1.807, 2.05) is 14.0 Å². The van der Waals surface area contributed by atoms with Crippen molar-refractivity contribution >= 4 is 0 Å². The normalized spacial score (nSPS) is 11.3. The molecule has 0 fully saturated rings. The number of aromatic nitrogens is 2. The Balaban J connectivity index is 2.23. The van der Waals surface area contributed by atoms with E-state index in [1.54, 1.807) is 11.8 Å². The summed E-state index contributed by atoms with van der Waals surface area (Å²) < 4.78 is 12.7. The molecule has 5 heteroatoms. The third-order valence-corrected chi connectivity index (χ3v) is 2.88. The first kappa shape index (κ1) is 16.0. The highest BCUT2D eigenvalue weighted by atomic mass is 16.5. The number of nitrogens with zero attached hydrogens (tertiary/aromatic N) is 2. The van der Waals surface area contributed by atoms with Crippen molar-refractivity contribution in [3.8, 4) is 5.88 Å². The molecule has 0 aliphatic heterocycles. The molecule has 19 heavy (non-hydrogen) atoms. The van der Waals surface area contributed by atoms with Gasteiger partial charge in [-0.2, -0.15) is 5.10 Å². The van der Waals surface area contributed by atoms with Gasteiger partial charge in [0.1, 0.15) is 0 Å². The molecule has 1 heterocycles. The lowest BCUT2D eigenvalue weighted by Gasteiger charge is -2.08. The van der Waals surface area contributed by atoms with E-state index in [-0.39, 0.29) is 0 Å². The fourth-order valence-electron chi connectivity index (χ4n) is 1.97. The third-order valence-electron chi connectivity index (χ3n) is 2.88. The zero-order chi connectivity index (χ0) is 14.3. The van der Waals surface area contributed by atoms with Crippen LogP contribution in [0.4, 0.5) is 0 Å². The Morgan fingerprint density at radius 3 is 2.74 bits per heavy atom. The maximum atomic E-state index is 5.54. The van der Waals surface area contributed by atoms with Gasteiger partial charge < -0.3 is 14.8 Å². The van der Waals surface area contributed by atoms with Crippen LogP contribution in [0.1, 0.15) is 31.5 Å². The number of nitrogens with one attached hydrogen (secondary N) is 1. The van der Waals surface area contributed by atoms with Crippen LogP contribution in [-0.2, 0) is 18.3 Å². The lowest BCUT2D eigenvalue weighted by Crippen LogP contribution is -2.17. The van der Waals surface area contributed by atoms with Gasteiger partial charge in [-0.05, 0) is 25.8 Å². The van der Waals surface area contributed by atoms with Crippen LogP contribution >= 0.6 is 0 Å². The van der Waals surface area contributed by atoms with E-state index in [4.69, 9.17) is 9.47 Å². The summed E-state index contributed by atoms with van der Waals surface area (Å²) >= 11 is 0. The minimum Gasteiger partial charge on any atom is -0.481 e. The molecule has 0 amide bonds. The average molecular weight is 269 g/mol. The first-order valence-corrected chi connectivity index (χ1v) is 6.91. The van der Waals surface area contributed by atoms with Crippen LogP contribution in [0.15, 0.2) is 0 Å². The minimum absolute atomic E-state index is 0.607. The highest BCUT2D eigenvalue weighted by Crippen LogP contribution is 2.20. The fraction of sp³-hybridized carbons (Fsp3) is 0.786. The summed E-state index contributed by atoms with van der Waals surface area (Å²) in [5.74, 6) is 1.44. The smallest absolute Gasteiger partial charge is 0.216 e. The van der Waals surface area contributed by atoms with E-state index >= 15 is 0 Å². The molecular formula is C14H27N3O2. The van der Waals surface area contributed by atoms with Crippen LogP contribution < -0.4 is 10.1 Å². The molecule has 0 spiro atoms. The van der Waals surface area contributed by atoms with Crippen LogP contribution in [0.5, 0.6) is 5.88 Å². The summed E-state index contributed by atoms with van der Waals surface area (Å²) in [6.45, 7) is 9.71. The van der Waals surface area contributed by atoms with E-state index in [2.05, 4.69) is 24.3 Å². The summed E-state index contributed by atoms with van der Waals surface area (Å²) in [6.07, 6.45) is 1.02. The van der Waals surface area contributed by atoms with E-state index in [0.717, 1.165) is 49.9 Å². The Labute approximate surface area is 116 Å². The van der Waals surface area contributed by atoms with Crippen molar-refractivity contribution < 1.29 is 9.47 Å². The quantitative estimate of drug-likeness (QED) is 0.696. The van der Waals surface area contributed by atoms with Gasteiger partial charge >= 0.3 is 0 Å². The van der Waals surface area contributed by atoms with Gasteiger partial charge in [0.15, 0.2) is 0 Å². The van der Waals surface area contributed by atoms with Gasteiger partial charge in [-0.25, -0.2) is 4.68 Å². The molecule has 0 aliphatic rings. The first-order valence-electron chi connectivity index (χ1n) is 6.91. The Hall–Kier alpha value is -1.07. The average Bonchev–Trinajstić information content (AvgIpc) is 2.62. The second-order valence-corrected chi connectivity index (χ2v) is 5.20. The molecule has 0 aromatic carbocycles. The van der Waals surface area contributed by atoms with Crippen molar-refractivity contribution in [2.24, 2.45) is 13.0 Å². The Morgan fingerprint density at radius 2 is 2.11 bits per heavy atom. The van der Waals surface area contributed by atoms with Crippen molar-refractivity contribution in [3.63, 3.8) is 0 Å². The van der Waals surface area contributed by atoms with E-state index < -0.39 is 0 Å². The highest BCUT2D eigenvalue weighted by Gasteiger charge is 2.12. The second-order valence-electron chi connectivity index (χ2n) is 5.20. The molecule has 1 rings (SSSR count). The van der Waals surface area contributed by atoms with Crippen LogP contribution in [0.2, 0.25) is 0 Å². The zero-order valence-corrected chi connectivity index (χ0v) is 12.8. The van der Waals surface area contributed by atoms with Gasteiger partial charge in [-0.3, -0.25) is 0 Å². The molecule has 0 aliphatic carbocycles. The Kier molecular flexibility index (Phi) is 6.87. The number of hydrogen-bond acceptors (Lipinski definition) is 4. The molecule has 0 atom stereocenters. The Bertz CT molecular complexity index is 375. The summed E-state index contributed by atoms with van der Waals surface area (Å²) in [7, 11) is 3.58. The number of hydrogen-bond donors (Lipinski definition) is 1. The van der Waals surface area contributed by atoms with Crippen molar-refractivity contribution in [1.29, 1.82) is 0 Å². The molecule has 0 unspecified atom stereocenters. The zero-order valence-electron chi connectivity index (χ0n) is 12.8. The van der Waals surface area contributed by atoms with Gasteiger partial charge in [0.05, 0.1) is 18.4 Å². The number of rotatable bonds is 9. The molecule has 5 nitrogen and oxygen atoms in total. The summed E-state index contributed by atoms with van der Waals surface area (Å²) in [5, 5.41) is 7.76. The van der Waals surface area contributed by atoms with E-state index in [0.29, 0.717) is 5.92 Å². The lowest BCUT2D eigenvalue weighted by molar-refractivity contribution is 0.108. The third kappa shape index (κ3) is 5.20. The monoisotopic (exact) mass is 269 g/mol. The minimum atomic E-state index is 0.607. The molecule has 110 valence electrons. The van der Waals surface area contributed by atoms with Gasteiger partial charge in [-0.1, -0.05) is 13.8 Å². The largest absolute Gasteiger partial charge is 0.481 e. The molecule has 0 saturated carbocycles. The molecule has 1 N–H and O–H groups in total. The molecular weight excluding hydrogens is 242 g/mol. The molecule has 0 saturated heterocycles. The van der Waals surface area contributed by atoms with Crippen molar-refractivity contribution in [3.05, 3.63) is 11.3 Å². The predicted molar refractivity (Wildman–Crippen MR) is 76.5 cm³/mol. The Morgan fingerprint density at radius 1 is 1.37 bits per heavy atom. The van der Waals surface area contributed by atoms with E-state index in [9.17, 15) is 0 Å². The van der Waals surface area contributed by atoms with Crippen molar-refractivity contribution in [2.45, 2.75) is 33.7 Å².